The lowest BCUT2D eigenvalue weighted by Crippen LogP contribution is -2.20. The third kappa shape index (κ3) is 5.44. The Bertz CT molecular complexity index is 1310. The van der Waals surface area contributed by atoms with Gasteiger partial charge in [0.1, 0.15) is 5.69 Å². The Balaban J connectivity index is 1.40. The SMILES string of the molecule is Cc1cc(C(=O)Nc2cccc(N(CCC3CC3)c3ccccc3)c2)n(-c2cccc(CN)c2)n1. The third-order valence-corrected chi connectivity index (χ3v) is 6.40. The van der Waals surface area contributed by atoms with Crippen LogP contribution in [0.5, 0.6) is 0 Å². The van der Waals surface area contributed by atoms with Crippen LogP contribution in [0.2, 0.25) is 0 Å². The summed E-state index contributed by atoms with van der Waals surface area (Å²) in [5.74, 6) is 0.635. The Labute approximate surface area is 206 Å². The minimum Gasteiger partial charge on any atom is -0.341 e. The molecule has 0 unspecified atom stereocenters. The zero-order chi connectivity index (χ0) is 24.2. The van der Waals surface area contributed by atoms with Crippen molar-refractivity contribution in [2.75, 3.05) is 16.8 Å². The van der Waals surface area contributed by atoms with Crippen LogP contribution in [0.25, 0.3) is 5.69 Å². The fourth-order valence-corrected chi connectivity index (χ4v) is 4.35. The van der Waals surface area contributed by atoms with Gasteiger partial charge in [-0.25, -0.2) is 4.68 Å². The van der Waals surface area contributed by atoms with Crippen LogP contribution in [0.3, 0.4) is 0 Å². The maximum atomic E-state index is 13.3. The molecule has 1 heterocycles. The summed E-state index contributed by atoms with van der Waals surface area (Å²) >= 11 is 0. The number of carbonyl (C=O) groups excluding carboxylic acids is 1. The first-order valence-electron chi connectivity index (χ1n) is 12.2. The number of nitrogens with zero attached hydrogens (tertiary/aromatic N) is 3. The molecule has 3 aromatic carbocycles. The number of benzene rings is 3. The second-order valence-corrected chi connectivity index (χ2v) is 9.18. The Hall–Kier alpha value is -3.90. The van der Waals surface area contributed by atoms with Crippen molar-refractivity contribution in [2.45, 2.75) is 32.7 Å². The normalized spacial score (nSPS) is 13.0. The quantitative estimate of drug-likeness (QED) is 0.326. The number of carbonyl (C=O) groups is 1. The predicted molar refractivity (Wildman–Crippen MR) is 141 cm³/mol. The molecule has 1 aliphatic carbocycles. The Kier molecular flexibility index (Phi) is 6.64. The van der Waals surface area contributed by atoms with Crippen LogP contribution >= 0.6 is 0 Å². The molecule has 6 heteroatoms. The van der Waals surface area contributed by atoms with Crippen molar-refractivity contribution in [3.05, 3.63) is 102 Å². The number of nitrogens with two attached hydrogens (primary N) is 1. The number of aromatic nitrogens is 2. The van der Waals surface area contributed by atoms with Crippen molar-refractivity contribution in [3.8, 4) is 5.69 Å². The van der Waals surface area contributed by atoms with Gasteiger partial charge in [-0.1, -0.05) is 49.2 Å². The van der Waals surface area contributed by atoms with E-state index in [1.54, 1.807) is 10.7 Å². The van der Waals surface area contributed by atoms with E-state index in [0.29, 0.717) is 12.2 Å². The maximum Gasteiger partial charge on any atom is 0.274 e. The molecule has 0 spiro atoms. The number of aryl methyl sites for hydroxylation is 1. The molecule has 0 saturated heterocycles. The monoisotopic (exact) mass is 465 g/mol. The minimum atomic E-state index is -0.204. The lowest BCUT2D eigenvalue weighted by molar-refractivity contribution is 0.101. The van der Waals surface area contributed by atoms with E-state index in [2.05, 4.69) is 45.6 Å². The van der Waals surface area contributed by atoms with Gasteiger partial charge in [0, 0.05) is 30.2 Å². The van der Waals surface area contributed by atoms with Gasteiger partial charge < -0.3 is 16.0 Å². The second kappa shape index (κ2) is 10.2. The van der Waals surface area contributed by atoms with Crippen LogP contribution in [-0.2, 0) is 6.54 Å². The Morgan fingerprint density at radius 2 is 1.77 bits per heavy atom. The zero-order valence-corrected chi connectivity index (χ0v) is 20.0. The highest BCUT2D eigenvalue weighted by Crippen LogP contribution is 2.35. The summed E-state index contributed by atoms with van der Waals surface area (Å²) < 4.78 is 1.68. The van der Waals surface area contributed by atoms with Crippen molar-refractivity contribution < 1.29 is 4.79 Å². The van der Waals surface area contributed by atoms with Crippen LogP contribution in [-0.4, -0.2) is 22.2 Å². The van der Waals surface area contributed by atoms with Crippen LogP contribution in [0.1, 0.15) is 41.0 Å². The highest BCUT2D eigenvalue weighted by molar-refractivity contribution is 6.03. The summed E-state index contributed by atoms with van der Waals surface area (Å²) in [7, 11) is 0. The van der Waals surface area contributed by atoms with Gasteiger partial charge in [0.15, 0.2) is 0 Å². The molecule has 1 saturated carbocycles. The smallest absolute Gasteiger partial charge is 0.274 e. The molecule has 0 atom stereocenters. The molecule has 3 N–H and O–H groups in total. The van der Waals surface area contributed by atoms with Crippen molar-refractivity contribution >= 4 is 23.0 Å². The van der Waals surface area contributed by atoms with Crippen LogP contribution < -0.4 is 16.0 Å². The molecule has 1 aromatic heterocycles. The van der Waals surface area contributed by atoms with Gasteiger partial charge >= 0.3 is 0 Å². The fourth-order valence-electron chi connectivity index (χ4n) is 4.35. The first-order chi connectivity index (χ1) is 17.1. The van der Waals surface area contributed by atoms with E-state index in [1.165, 1.54) is 19.3 Å². The van der Waals surface area contributed by atoms with E-state index in [1.807, 2.05) is 55.5 Å². The standard InChI is InChI=1S/C29H31N5O/c1-21-17-28(34(32-21)27-12-5-7-23(18-27)20-30)29(35)31-24-8-6-11-26(19-24)33(16-15-22-13-14-22)25-9-3-2-4-10-25/h2-12,17-19,22H,13-16,20,30H2,1H3,(H,31,35). The number of rotatable bonds is 9. The lowest BCUT2D eigenvalue weighted by Gasteiger charge is -2.25. The number of anilines is 3. The first kappa shape index (κ1) is 22.9. The van der Waals surface area contributed by atoms with Gasteiger partial charge in [-0.2, -0.15) is 5.10 Å². The number of hydrogen-bond acceptors (Lipinski definition) is 4. The van der Waals surface area contributed by atoms with Crippen molar-refractivity contribution in [1.29, 1.82) is 0 Å². The molecule has 1 fully saturated rings. The van der Waals surface area contributed by atoms with Crippen molar-refractivity contribution in [2.24, 2.45) is 11.7 Å². The fraction of sp³-hybridized carbons (Fsp3) is 0.241. The van der Waals surface area contributed by atoms with Gasteiger partial charge in [0.25, 0.3) is 5.91 Å². The summed E-state index contributed by atoms with van der Waals surface area (Å²) in [6.07, 6.45) is 3.84. The Morgan fingerprint density at radius 1 is 1.00 bits per heavy atom. The van der Waals surface area contributed by atoms with Gasteiger partial charge in [-0.3, -0.25) is 4.79 Å². The van der Waals surface area contributed by atoms with Crippen LogP contribution in [0, 0.1) is 12.8 Å². The lowest BCUT2D eigenvalue weighted by atomic mass is 10.2. The molecule has 1 aliphatic rings. The van der Waals surface area contributed by atoms with E-state index >= 15 is 0 Å². The van der Waals surface area contributed by atoms with Crippen molar-refractivity contribution in [1.82, 2.24) is 9.78 Å². The van der Waals surface area contributed by atoms with Crippen molar-refractivity contribution in [3.63, 3.8) is 0 Å². The molecule has 1 amide bonds. The summed E-state index contributed by atoms with van der Waals surface area (Å²) in [5, 5.41) is 7.64. The molecular weight excluding hydrogens is 434 g/mol. The summed E-state index contributed by atoms with van der Waals surface area (Å²) in [6.45, 7) is 3.27. The minimum absolute atomic E-state index is 0.204. The summed E-state index contributed by atoms with van der Waals surface area (Å²) in [6, 6.07) is 28.1. The van der Waals surface area contributed by atoms with E-state index in [-0.39, 0.29) is 5.91 Å². The molecule has 6 nitrogen and oxygen atoms in total. The average molecular weight is 466 g/mol. The molecule has 4 aromatic rings. The summed E-state index contributed by atoms with van der Waals surface area (Å²) in [4.78, 5) is 15.7. The van der Waals surface area contributed by atoms with E-state index < -0.39 is 0 Å². The maximum absolute atomic E-state index is 13.3. The summed E-state index contributed by atoms with van der Waals surface area (Å²) in [5.41, 5.74) is 11.8. The average Bonchev–Trinajstić information content (AvgIpc) is 3.63. The van der Waals surface area contributed by atoms with E-state index in [9.17, 15) is 4.79 Å². The Morgan fingerprint density at radius 3 is 2.54 bits per heavy atom. The van der Waals surface area contributed by atoms with Gasteiger partial charge in [-0.15, -0.1) is 0 Å². The van der Waals surface area contributed by atoms with Gasteiger partial charge in [0.05, 0.1) is 11.4 Å². The molecule has 0 bridgehead atoms. The molecule has 0 aliphatic heterocycles. The van der Waals surface area contributed by atoms with Gasteiger partial charge in [-0.05, 0) is 73.4 Å². The number of amides is 1. The van der Waals surface area contributed by atoms with E-state index in [4.69, 9.17) is 5.73 Å². The highest BCUT2D eigenvalue weighted by Gasteiger charge is 2.23. The first-order valence-corrected chi connectivity index (χ1v) is 12.2. The predicted octanol–water partition coefficient (Wildman–Crippen LogP) is 5.83. The zero-order valence-electron chi connectivity index (χ0n) is 20.0. The largest absolute Gasteiger partial charge is 0.341 e. The topological polar surface area (TPSA) is 76.2 Å². The second-order valence-electron chi connectivity index (χ2n) is 9.18. The van der Waals surface area contributed by atoms with Gasteiger partial charge in [0.2, 0.25) is 0 Å². The number of para-hydroxylation sites is 1. The molecule has 178 valence electrons. The number of hydrogen-bond donors (Lipinski definition) is 2. The molecular formula is C29H31N5O. The highest BCUT2D eigenvalue weighted by atomic mass is 16.2. The van der Waals surface area contributed by atoms with E-state index in [0.717, 1.165) is 46.5 Å². The molecule has 5 rings (SSSR count). The third-order valence-electron chi connectivity index (χ3n) is 6.40. The molecule has 35 heavy (non-hydrogen) atoms. The number of nitrogens with one attached hydrogen (secondary N) is 1. The van der Waals surface area contributed by atoms with Crippen LogP contribution in [0.15, 0.2) is 84.9 Å². The molecule has 0 radical (unpaired) electrons. The van der Waals surface area contributed by atoms with Crippen LogP contribution in [0.4, 0.5) is 17.1 Å².